The third-order valence-corrected chi connectivity index (χ3v) is 8.18. The summed E-state index contributed by atoms with van der Waals surface area (Å²) in [6.45, 7) is 7.57. The predicted molar refractivity (Wildman–Crippen MR) is 132 cm³/mol. The minimum Gasteiger partial charge on any atom is -0.466 e. The minimum atomic E-state index is -1.18. The van der Waals surface area contributed by atoms with Gasteiger partial charge in [-0.15, -0.1) is 11.7 Å². The van der Waals surface area contributed by atoms with Crippen molar-refractivity contribution in [3.8, 4) is 0 Å². The van der Waals surface area contributed by atoms with E-state index in [2.05, 4.69) is 16.9 Å². The number of carbonyl (C=O) groups is 3. The van der Waals surface area contributed by atoms with Gasteiger partial charge in [-0.1, -0.05) is 30.3 Å². The van der Waals surface area contributed by atoms with E-state index < -0.39 is 35.0 Å². The number of carbonyl (C=O) groups excluding carboxylic acids is 3. The first-order valence-electron chi connectivity index (χ1n) is 12.8. The number of para-hydroxylation sites is 1. The monoisotopic (exact) mass is 511 g/mol. The van der Waals surface area contributed by atoms with Crippen LogP contribution in [0.2, 0.25) is 0 Å². The number of benzene rings is 1. The Labute approximate surface area is 215 Å². The van der Waals surface area contributed by atoms with E-state index in [1.165, 1.54) is 4.90 Å². The molecule has 0 aliphatic carbocycles. The molecule has 1 aromatic carbocycles. The van der Waals surface area contributed by atoms with E-state index in [0.717, 1.165) is 5.52 Å². The number of amides is 2. The number of likely N-dealkylation sites (tertiary alicyclic amines) is 1. The number of esters is 1. The summed E-state index contributed by atoms with van der Waals surface area (Å²) in [7, 11) is 0. The number of nitrogens with zero attached hydrogens (tertiary/aromatic N) is 5. The van der Waals surface area contributed by atoms with Crippen LogP contribution in [0, 0.1) is 11.8 Å². The van der Waals surface area contributed by atoms with E-state index in [1.807, 2.05) is 31.2 Å². The lowest BCUT2D eigenvalue weighted by molar-refractivity contribution is -0.162. The first-order valence-corrected chi connectivity index (χ1v) is 12.8. The van der Waals surface area contributed by atoms with Gasteiger partial charge in [0.25, 0.3) is 0 Å². The third-order valence-electron chi connectivity index (χ3n) is 8.18. The van der Waals surface area contributed by atoms with E-state index in [0.29, 0.717) is 24.8 Å². The molecule has 0 saturated carbocycles. The molecule has 11 nitrogen and oxygen atoms in total. The van der Waals surface area contributed by atoms with Crippen molar-refractivity contribution in [2.45, 2.75) is 57.0 Å². The molecule has 1 N–H and O–H groups in total. The Morgan fingerprint density at radius 1 is 1.32 bits per heavy atom. The Bertz CT molecular complexity index is 1230. The summed E-state index contributed by atoms with van der Waals surface area (Å²) in [5.41, 5.74) is -0.576. The highest BCUT2D eigenvalue weighted by atomic mass is 16.6. The van der Waals surface area contributed by atoms with E-state index in [9.17, 15) is 19.5 Å². The minimum absolute atomic E-state index is 0.0420. The molecule has 0 radical (unpaired) electrons. The molecular weight excluding hydrogens is 478 g/mol. The van der Waals surface area contributed by atoms with Crippen LogP contribution in [-0.2, 0) is 30.5 Å². The van der Waals surface area contributed by atoms with Crippen molar-refractivity contribution in [1.29, 1.82) is 0 Å². The van der Waals surface area contributed by atoms with Crippen LogP contribution in [0.1, 0.15) is 33.1 Å². The average Bonchev–Trinajstić information content (AvgIpc) is 3.62. The summed E-state index contributed by atoms with van der Waals surface area (Å²) in [5.74, 6) is -2.83. The standard InChI is InChI=1S/C26H33N5O6/c1-4-13-29(16-31-18-10-8-7-9-17(18)27-28-31)23(34)21-26-12-11-25(5-2,37-26)20(24(35)36-6-3)19(26)22(33)30(21)14-15-32/h4,7-10,19-21,32H,1,5-6,11-16H2,2-3H3/t19-,20-,21?,25+,26?/m0/s1. The Kier molecular flexibility index (Phi) is 6.53. The highest BCUT2D eigenvalue weighted by molar-refractivity contribution is 5.98. The highest BCUT2D eigenvalue weighted by Crippen LogP contribution is 2.64. The zero-order valence-corrected chi connectivity index (χ0v) is 21.2. The van der Waals surface area contributed by atoms with Crippen molar-refractivity contribution in [2.75, 3.05) is 26.3 Å². The normalized spacial score (nSPS) is 30.1. The van der Waals surface area contributed by atoms with Crippen molar-refractivity contribution < 1.29 is 29.0 Å². The van der Waals surface area contributed by atoms with Crippen LogP contribution in [-0.4, -0.2) is 91.2 Å². The first-order chi connectivity index (χ1) is 17.9. The number of aliphatic hydroxyl groups excluding tert-OH is 1. The molecule has 2 aromatic rings. The SMILES string of the molecule is C=CCN(Cn1nnc2ccccc21)C(=O)C1N(CCO)C(=O)[C@@H]2[C@@H](C(=O)OCC)[C@@]3(CC)CCC12O3. The number of ether oxygens (including phenoxy) is 2. The van der Waals surface area contributed by atoms with Gasteiger partial charge >= 0.3 is 5.97 Å². The Balaban J connectivity index is 1.54. The molecule has 37 heavy (non-hydrogen) atoms. The summed E-state index contributed by atoms with van der Waals surface area (Å²) in [6.07, 6.45) is 3.13. The number of hydrogen-bond donors (Lipinski definition) is 1. The molecule has 1 spiro atoms. The second kappa shape index (κ2) is 9.53. The second-order valence-corrected chi connectivity index (χ2v) is 9.91. The van der Waals surface area contributed by atoms with Crippen LogP contribution in [0.25, 0.3) is 11.0 Å². The Hall–Kier alpha value is -3.31. The Morgan fingerprint density at radius 2 is 2.11 bits per heavy atom. The molecule has 3 fully saturated rings. The fourth-order valence-electron chi connectivity index (χ4n) is 6.67. The van der Waals surface area contributed by atoms with E-state index in [1.54, 1.807) is 22.6 Å². The van der Waals surface area contributed by atoms with Gasteiger partial charge in [-0.05, 0) is 38.3 Å². The van der Waals surface area contributed by atoms with Crippen molar-refractivity contribution in [3.05, 3.63) is 36.9 Å². The van der Waals surface area contributed by atoms with Gasteiger partial charge in [0.15, 0.2) is 0 Å². The smallest absolute Gasteiger partial charge is 0.312 e. The van der Waals surface area contributed by atoms with Gasteiger partial charge in [0.2, 0.25) is 11.8 Å². The number of fused-ring (bicyclic) bond motifs is 2. The maximum Gasteiger partial charge on any atom is 0.312 e. The largest absolute Gasteiger partial charge is 0.466 e. The summed E-state index contributed by atoms with van der Waals surface area (Å²) in [4.78, 5) is 44.2. The number of aromatic nitrogens is 3. The fourth-order valence-corrected chi connectivity index (χ4v) is 6.67. The zero-order valence-electron chi connectivity index (χ0n) is 21.2. The molecule has 3 aliphatic heterocycles. The lowest BCUT2D eigenvalue weighted by atomic mass is 9.65. The van der Waals surface area contributed by atoms with Gasteiger partial charge in [-0.2, -0.15) is 0 Å². The van der Waals surface area contributed by atoms with Crippen LogP contribution >= 0.6 is 0 Å². The van der Waals surface area contributed by atoms with Crippen molar-refractivity contribution >= 4 is 28.8 Å². The van der Waals surface area contributed by atoms with E-state index in [-0.39, 0.29) is 44.8 Å². The van der Waals surface area contributed by atoms with Gasteiger partial charge in [-0.25, -0.2) is 4.68 Å². The molecule has 198 valence electrons. The molecule has 3 saturated heterocycles. The third kappa shape index (κ3) is 3.66. The quantitative estimate of drug-likeness (QED) is 0.371. The second-order valence-electron chi connectivity index (χ2n) is 9.91. The molecule has 2 bridgehead atoms. The first kappa shape index (κ1) is 25.3. The number of hydrogen-bond acceptors (Lipinski definition) is 8. The van der Waals surface area contributed by atoms with Crippen molar-refractivity contribution in [3.63, 3.8) is 0 Å². The van der Waals surface area contributed by atoms with Crippen LogP contribution in [0.15, 0.2) is 36.9 Å². The van der Waals surface area contributed by atoms with Crippen LogP contribution < -0.4 is 0 Å². The summed E-state index contributed by atoms with van der Waals surface area (Å²) < 4.78 is 13.7. The average molecular weight is 512 g/mol. The molecule has 3 aliphatic rings. The summed E-state index contributed by atoms with van der Waals surface area (Å²) >= 11 is 0. The molecular formula is C26H33N5O6. The Morgan fingerprint density at radius 3 is 2.81 bits per heavy atom. The topological polar surface area (TPSA) is 127 Å². The van der Waals surface area contributed by atoms with Crippen LogP contribution in [0.5, 0.6) is 0 Å². The van der Waals surface area contributed by atoms with E-state index >= 15 is 0 Å². The van der Waals surface area contributed by atoms with Crippen LogP contribution in [0.4, 0.5) is 0 Å². The van der Waals surface area contributed by atoms with Crippen LogP contribution in [0.3, 0.4) is 0 Å². The maximum atomic E-state index is 14.3. The zero-order chi connectivity index (χ0) is 26.4. The van der Waals surface area contributed by atoms with Gasteiger partial charge < -0.3 is 24.4 Å². The number of β-amino-alcohol motifs (C(OH)–C–C–N with tert-alkyl or cyclic N) is 1. The lowest BCUT2D eigenvalue weighted by Crippen LogP contribution is -2.56. The van der Waals surface area contributed by atoms with Gasteiger partial charge in [0.1, 0.15) is 29.7 Å². The van der Waals surface area contributed by atoms with Crippen molar-refractivity contribution in [2.24, 2.45) is 11.8 Å². The fraction of sp³-hybridized carbons (Fsp3) is 0.577. The van der Waals surface area contributed by atoms with Crippen molar-refractivity contribution in [1.82, 2.24) is 24.8 Å². The molecule has 4 heterocycles. The lowest BCUT2D eigenvalue weighted by Gasteiger charge is -2.36. The molecule has 5 atom stereocenters. The maximum absolute atomic E-state index is 14.3. The van der Waals surface area contributed by atoms with Gasteiger partial charge in [0.05, 0.1) is 30.2 Å². The summed E-state index contributed by atoms with van der Waals surface area (Å²) in [6, 6.07) is 6.44. The van der Waals surface area contributed by atoms with Gasteiger partial charge in [-0.3, -0.25) is 14.4 Å². The summed E-state index contributed by atoms with van der Waals surface area (Å²) in [5, 5.41) is 18.2. The molecule has 2 amide bonds. The number of rotatable bonds is 10. The van der Waals surface area contributed by atoms with E-state index in [4.69, 9.17) is 9.47 Å². The molecule has 11 heteroatoms. The molecule has 5 rings (SSSR count). The molecule has 1 aromatic heterocycles. The molecule has 2 unspecified atom stereocenters. The highest BCUT2D eigenvalue weighted by Gasteiger charge is 2.79. The van der Waals surface area contributed by atoms with Gasteiger partial charge in [0, 0.05) is 13.1 Å². The number of aliphatic hydroxyl groups is 1. The predicted octanol–water partition coefficient (Wildman–Crippen LogP) is 1.11.